The van der Waals surface area contributed by atoms with Crippen LogP contribution in [-0.2, 0) is 0 Å². The highest BCUT2D eigenvalue weighted by Crippen LogP contribution is 2.34. The highest BCUT2D eigenvalue weighted by Gasteiger charge is 2.10. The number of alkyl halides is 1. The molecule has 0 saturated heterocycles. The van der Waals surface area contributed by atoms with Gasteiger partial charge < -0.3 is 4.74 Å². The van der Waals surface area contributed by atoms with Gasteiger partial charge in [0.2, 0.25) is 0 Å². The maximum Gasteiger partial charge on any atom is 0.153 e. The van der Waals surface area contributed by atoms with Crippen LogP contribution in [0.1, 0.15) is 19.8 Å². The molecule has 0 aliphatic rings. The van der Waals surface area contributed by atoms with Gasteiger partial charge in [-0.3, -0.25) is 0 Å². The first kappa shape index (κ1) is 12.5. The summed E-state index contributed by atoms with van der Waals surface area (Å²) in [5.74, 6) is 0.850. The smallest absolute Gasteiger partial charge is 0.153 e. The Morgan fingerprint density at radius 3 is 2.36 bits per heavy atom. The van der Waals surface area contributed by atoms with Crippen molar-refractivity contribution in [3.8, 4) is 5.75 Å². The van der Waals surface area contributed by atoms with Crippen LogP contribution >= 0.6 is 47.8 Å². The van der Waals surface area contributed by atoms with Crippen LogP contribution in [0.5, 0.6) is 5.75 Å². The molecule has 14 heavy (non-hydrogen) atoms. The van der Waals surface area contributed by atoms with Crippen LogP contribution in [0.25, 0.3) is 0 Å². The molecule has 0 aliphatic heterocycles. The Hall–Kier alpha value is 0.460. The molecule has 1 unspecified atom stereocenters. The van der Waals surface area contributed by atoms with Crippen molar-refractivity contribution in [2.24, 2.45) is 0 Å². The van der Waals surface area contributed by atoms with Crippen molar-refractivity contribution in [2.45, 2.75) is 24.8 Å². The highest BCUT2D eigenvalue weighted by atomic mass is 79.9. The van der Waals surface area contributed by atoms with Gasteiger partial charge in [-0.2, -0.15) is 0 Å². The average Bonchev–Trinajstić information content (AvgIpc) is 2.12. The molecule has 0 N–H and O–H groups in total. The molecule has 0 radical (unpaired) electrons. The Morgan fingerprint density at radius 1 is 1.29 bits per heavy atom. The Labute approximate surface area is 110 Å². The minimum atomic E-state index is 0.0718. The van der Waals surface area contributed by atoms with E-state index in [2.05, 4.69) is 54.7 Å². The van der Waals surface area contributed by atoms with E-state index in [1.807, 2.05) is 18.2 Å². The molecule has 1 atom stereocenters. The lowest BCUT2D eigenvalue weighted by molar-refractivity contribution is 0.279. The number of para-hydroxylation sites is 1. The van der Waals surface area contributed by atoms with Gasteiger partial charge in [-0.15, -0.1) is 0 Å². The summed E-state index contributed by atoms with van der Waals surface area (Å²) in [6.45, 7) is 2.13. The van der Waals surface area contributed by atoms with E-state index in [0.717, 1.165) is 27.5 Å². The quantitative estimate of drug-likeness (QED) is 0.653. The largest absolute Gasteiger partial charge is 0.477 e. The normalized spacial score (nSPS) is 12.6. The summed E-state index contributed by atoms with van der Waals surface area (Å²) in [5.41, 5.74) is 0. The van der Waals surface area contributed by atoms with E-state index in [0.29, 0.717) is 0 Å². The van der Waals surface area contributed by atoms with Gasteiger partial charge in [0.25, 0.3) is 0 Å². The summed E-state index contributed by atoms with van der Waals surface area (Å²) in [5, 5.41) is 0.0718. The van der Waals surface area contributed by atoms with Gasteiger partial charge in [-0.1, -0.05) is 19.4 Å². The molecule has 0 bridgehead atoms. The zero-order valence-corrected chi connectivity index (χ0v) is 12.5. The fourth-order valence-corrected chi connectivity index (χ4v) is 2.84. The molecular weight excluding hydrogens is 376 g/mol. The summed E-state index contributed by atoms with van der Waals surface area (Å²) in [6, 6.07) is 5.89. The number of benzene rings is 1. The predicted molar refractivity (Wildman–Crippen MR) is 70.1 cm³/mol. The van der Waals surface area contributed by atoms with Crippen molar-refractivity contribution in [3.05, 3.63) is 27.1 Å². The molecule has 0 aliphatic carbocycles. The third-order valence-corrected chi connectivity index (χ3v) is 3.57. The lowest BCUT2D eigenvalue weighted by Gasteiger charge is -2.14. The van der Waals surface area contributed by atoms with Crippen molar-refractivity contribution >= 4 is 47.8 Å². The fraction of sp³-hybridized carbons (Fsp3) is 0.400. The monoisotopic (exact) mass is 384 g/mol. The van der Waals surface area contributed by atoms with E-state index >= 15 is 0 Å². The summed E-state index contributed by atoms with van der Waals surface area (Å²) >= 11 is 10.4. The molecule has 0 amide bonds. The summed E-state index contributed by atoms with van der Waals surface area (Å²) < 4.78 is 7.67. The number of ether oxygens (including phenoxy) is 1. The molecular formula is C10H11Br3O. The Balaban J connectivity index is 2.75. The molecule has 0 aromatic heterocycles. The number of halogens is 3. The first-order chi connectivity index (χ1) is 6.65. The third kappa shape index (κ3) is 3.55. The van der Waals surface area contributed by atoms with Gasteiger partial charge in [0, 0.05) is 0 Å². The Kier molecular flexibility index (Phi) is 5.49. The maximum absolute atomic E-state index is 5.74. The minimum Gasteiger partial charge on any atom is -0.477 e. The average molecular weight is 387 g/mol. The molecule has 1 nitrogen and oxygen atoms in total. The third-order valence-electron chi connectivity index (χ3n) is 1.68. The van der Waals surface area contributed by atoms with E-state index in [1.54, 1.807) is 0 Å². The van der Waals surface area contributed by atoms with Crippen LogP contribution in [0, 0.1) is 0 Å². The van der Waals surface area contributed by atoms with Gasteiger partial charge in [0.05, 0.1) is 8.95 Å². The van der Waals surface area contributed by atoms with E-state index in [1.165, 1.54) is 0 Å². The van der Waals surface area contributed by atoms with Crippen LogP contribution in [-0.4, -0.2) is 5.01 Å². The first-order valence-corrected chi connectivity index (χ1v) is 6.90. The van der Waals surface area contributed by atoms with Crippen LogP contribution in [0.2, 0.25) is 0 Å². The lowest BCUT2D eigenvalue weighted by atomic mass is 10.3. The maximum atomic E-state index is 5.74. The van der Waals surface area contributed by atoms with Crippen molar-refractivity contribution in [2.75, 3.05) is 0 Å². The Morgan fingerprint density at radius 2 is 1.86 bits per heavy atom. The summed E-state index contributed by atoms with van der Waals surface area (Å²) in [7, 11) is 0. The summed E-state index contributed by atoms with van der Waals surface area (Å²) in [6.07, 6.45) is 2.09. The van der Waals surface area contributed by atoms with Crippen LogP contribution in [0.4, 0.5) is 0 Å². The minimum absolute atomic E-state index is 0.0718. The summed E-state index contributed by atoms with van der Waals surface area (Å²) in [4.78, 5) is 0. The van der Waals surface area contributed by atoms with Crippen LogP contribution in [0.15, 0.2) is 27.1 Å². The van der Waals surface area contributed by atoms with Gasteiger partial charge >= 0.3 is 0 Å². The lowest BCUT2D eigenvalue weighted by Crippen LogP contribution is -2.07. The molecule has 78 valence electrons. The van der Waals surface area contributed by atoms with Crippen LogP contribution < -0.4 is 4.74 Å². The molecule has 0 heterocycles. The molecule has 1 aromatic carbocycles. The second kappa shape index (κ2) is 6.13. The van der Waals surface area contributed by atoms with Gasteiger partial charge in [-0.05, 0) is 66.3 Å². The van der Waals surface area contributed by atoms with Gasteiger partial charge in [0.15, 0.2) is 5.01 Å². The molecule has 0 saturated carbocycles. The van der Waals surface area contributed by atoms with E-state index in [9.17, 15) is 0 Å². The molecule has 1 aromatic rings. The highest BCUT2D eigenvalue weighted by molar-refractivity contribution is 9.11. The molecule has 1 rings (SSSR count). The zero-order chi connectivity index (χ0) is 10.6. The van der Waals surface area contributed by atoms with Crippen molar-refractivity contribution in [3.63, 3.8) is 0 Å². The van der Waals surface area contributed by atoms with E-state index in [4.69, 9.17) is 4.74 Å². The van der Waals surface area contributed by atoms with Gasteiger partial charge in [-0.25, -0.2) is 0 Å². The van der Waals surface area contributed by atoms with Gasteiger partial charge in [0.1, 0.15) is 5.75 Å². The van der Waals surface area contributed by atoms with Crippen molar-refractivity contribution in [1.29, 1.82) is 0 Å². The van der Waals surface area contributed by atoms with E-state index in [-0.39, 0.29) is 5.01 Å². The fourth-order valence-electron chi connectivity index (χ4n) is 1.01. The van der Waals surface area contributed by atoms with Crippen molar-refractivity contribution < 1.29 is 4.74 Å². The SMILES string of the molecule is CCCC(Br)Oc1c(Br)cccc1Br. The second-order valence-corrected chi connectivity index (χ2v) is 5.60. The standard InChI is InChI=1S/C10H11Br3O/c1-2-4-9(13)14-10-7(11)5-3-6-8(10)12/h3,5-6,9H,2,4H2,1H3. The molecule has 0 spiro atoms. The van der Waals surface area contributed by atoms with Crippen molar-refractivity contribution in [1.82, 2.24) is 0 Å². The first-order valence-electron chi connectivity index (χ1n) is 4.40. The second-order valence-electron chi connectivity index (χ2n) is 2.87. The number of hydrogen-bond donors (Lipinski definition) is 0. The molecule has 4 heteroatoms. The molecule has 0 fully saturated rings. The predicted octanol–water partition coefficient (Wildman–Crippen LogP) is 5.11. The number of hydrogen-bond acceptors (Lipinski definition) is 1. The van der Waals surface area contributed by atoms with Crippen LogP contribution in [0.3, 0.4) is 0 Å². The van der Waals surface area contributed by atoms with E-state index < -0.39 is 0 Å². The zero-order valence-electron chi connectivity index (χ0n) is 7.77. The number of rotatable bonds is 4. The Bertz CT molecular complexity index is 281. The topological polar surface area (TPSA) is 9.23 Å².